The third-order valence-electron chi connectivity index (χ3n) is 1.17. The second-order valence-electron chi connectivity index (χ2n) is 2.08. The third kappa shape index (κ3) is 1.31. The molecule has 0 aromatic carbocycles. The van der Waals surface area contributed by atoms with Gasteiger partial charge in [-0.05, 0) is 18.6 Å². The van der Waals surface area contributed by atoms with Crippen molar-refractivity contribution in [1.29, 1.82) is 0 Å². The fraction of sp³-hybridized carbons (Fsp3) is 0.333. The van der Waals surface area contributed by atoms with E-state index in [-0.39, 0.29) is 0 Å². The van der Waals surface area contributed by atoms with E-state index >= 15 is 0 Å². The second-order valence-corrected chi connectivity index (χ2v) is 2.08. The van der Waals surface area contributed by atoms with Crippen LogP contribution in [0.15, 0.2) is 12.3 Å². The van der Waals surface area contributed by atoms with Crippen molar-refractivity contribution in [2.45, 2.75) is 13.2 Å². The summed E-state index contributed by atoms with van der Waals surface area (Å²) in [6.07, 6.45) is 0.921. The first-order chi connectivity index (χ1) is 4.20. The molecule has 9 heavy (non-hydrogen) atoms. The van der Waals surface area contributed by atoms with Gasteiger partial charge in [-0.25, -0.2) is 0 Å². The molecule has 1 unspecified atom stereocenters. The SMILES string of the molecule is Cc1c[nH]c(C(N)O)c1. The van der Waals surface area contributed by atoms with Crippen molar-refractivity contribution in [3.05, 3.63) is 23.5 Å². The summed E-state index contributed by atoms with van der Waals surface area (Å²) >= 11 is 0. The Kier molecular flexibility index (Phi) is 1.55. The monoisotopic (exact) mass is 126 g/mol. The molecule has 0 saturated heterocycles. The molecular formula is C6H10N2O. The van der Waals surface area contributed by atoms with E-state index in [1.54, 1.807) is 6.20 Å². The second kappa shape index (κ2) is 2.21. The highest BCUT2D eigenvalue weighted by Gasteiger charge is 2.00. The van der Waals surface area contributed by atoms with Gasteiger partial charge in [0.2, 0.25) is 0 Å². The lowest BCUT2D eigenvalue weighted by atomic mass is 10.3. The maximum Gasteiger partial charge on any atom is 0.143 e. The Bertz CT molecular complexity index is 193. The highest BCUT2D eigenvalue weighted by atomic mass is 16.3. The van der Waals surface area contributed by atoms with Crippen molar-refractivity contribution in [2.75, 3.05) is 0 Å². The van der Waals surface area contributed by atoms with Crippen molar-refractivity contribution in [3.63, 3.8) is 0 Å². The van der Waals surface area contributed by atoms with Gasteiger partial charge in [0.1, 0.15) is 6.23 Å². The molecule has 0 fully saturated rings. The van der Waals surface area contributed by atoms with Crippen LogP contribution in [0.4, 0.5) is 0 Å². The summed E-state index contributed by atoms with van der Waals surface area (Å²) in [4.78, 5) is 2.83. The van der Waals surface area contributed by atoms with E-state index < -0.39 is 6.23 Å². The van der Waals surface area contributed by atoms with Crippen LogP contribution in [0.2, 0.25) is 0 Å². The first-order valence-corrected chi connectivity index (χ1v) is 2.78. The van der Waals surface area contributed by atoms with Gasteiger partial charge >= 0.3 is 0 Å². The van der Waals surface area contributed by atoms with E-state index in [0.29, 0.717) is 5.69 Å². The Hall–Kier alpha value is -0.800. The summed E-state index contributed by atoms with van der Waals surface area (Å²) in [5.74, 6) is 0. The van der Waals surface area contributed by atoms with Crippen LogP contribution in [0, 0.1) is 6.92 Å². The number of nitrogens with two attached hydrogens (primary N) is 1. The number of aliphatic hydroxyl groups is 1. The van der Waals surface area contributed by atoms with Gasteiger partial charge in [-0.15, -0.1) is 0 Å². The Morgan fingerprint density at radius 3 is 2.67 bits per heavy atom. The van der Waals surface area contributed by atoms with Gasteiger partial charge in [0.25, 0.3) is 0 Å². The molecule has 0 bridgehead atoms. The van der Waals surface area contributed by atoms with Gasteiger partial charge in [0, 0.05) is 6.20 Å². The Morgan fingerprint density at radius 1 is 1.78 bits per heavy atom. The number of aryl methyl sites for hydroxylation is 1. The summed E-state index contributed by atoms with van der Waals surface area (Å²) in [5.41, 5.74) is 6.89. The average molecular weight is 126 g/mol. The highest BCUT2D eigenvalue weighted by Crippen LogP contribution is 2.05. The van der Waals surface area contributed by atoms with Crippen molar-refractivity contribution < 1.29 is 5.11 Å². The predicted octanol–water partition coefficient (Wildman–Crippen LogP) is 0.273. The summed E-state index contributed by atoms with van der Waals surface area (Å²) in [7, 11) is 0. The third-order valence-corrected chi connectivity index (χ3v) is 1.17. The molecule has 3 heteroatoms. The molecule has 0 aliphatic carbocycles. The van der Waals surface area contributed by atoms with Gasteiger partial charge in [0.15, 0.2) is 0 Å². The lowest BCUT2D eigenvalue weighted by molar-refractivity contribution is 0.182. The van der Waals surface area contributed by atoms with Crippen LogP contribution in [0.5, 0.6) is 0 Å². The smallest absolute Gasteiger partial charge is 0.143 e. The average Bonchev–Trinajstić information content (AvgIpc) is 2.14. The fourth-order valence-electron chi connectivity index (χ4n) is 0.697. The summed E-state index contributed by atoms with van der Waals surface area (Å²) in [5, 5.41) is 8.78. The topological polar surface area (TPSA) is 62.0 Å². The minimum Gasteiger partial charge on any atom is -0.373 e. The largest absolute Gasteiger partial charge is 0.373 e. The summed E-state index contributed by atoms with van der Waals surface area (Å²) < 4.78 is 0. The van der Waals surface area contributed by atoms with E-state index in [4.69, 9.17) is 10.8 Å². The fourth-order valence-corrected chi connectivity index (χ4v) is 0.697. The summed E-state index contributed by atoms with van der Waals surface area (Å²) in [6, 6.07) is 1.81. The van der Waals surface area contributed by atoms with E-state index in [2.05, 4.69) is 4.98 Å². The minimum atomic E-state index is -0.876. The molecule has 50 valence electrons. The number of hydrogen-bond acceptors (Lipinski definition) is 2. The molecule has 0 saturated carbocycles. The molecule has 3 nitrogen and oxygen atoms in total. The van der Waals surface area contributed by atoms with Crippen LogP contribution >= 0.6 is 0 Å². The molecule has 0 radical (unpaired) electrons. The number of aromatic amines is 1. The normalized spacial score (nSPS) is 13.7. The summed E-state index contributed by atoms with van der Waals surface area (Å²) in [6.45, 7) is 1.93. The number of hydrogen-bond donors (Lipinski definition) is 3. The van der Waals surface area contributed by atoms with Gasteiger partial charge in [-0.1, -0.05) is 0 Å². The predicted molar refractivity (Wildman–Crippen MR) is 34.7 cm³/mol. The number of nitrogens with one attached hydrogen (secondary N) is 1. The van der Waals surface area contributed by atoms with Crippen LogP contribution in [0.25, 0.3) is 0 Å². The van der Waals surface area contributed by atoms with Crippen LogP contribution in [0.3, 0.4) is 0 Å². The van der Waals surface area contributed by atoms with Crippen molar-refractivity contribution in [1.82, 2.24) is 4.98 Å². The van der Waals surface area contributed by atoms with Crippen LogP contribution in [0.1, 0.15) is 17.5 Å². The molecular weight excluding hydrogens is 116 g/mol. The molecule has 1 rings (SSSR count). The molecule has 0 spiro atoms. The van der Waals surface area contributed by atoms with Crippen molar-refractivity contribution in [3.8, 4) is 0 Å². The van der Waals surface area contributed by atoms with E-state index in [9.17, 15) is 0 Å². The molecule has 1 aromatic rings. The van der Waals surface area contributed by atoms with Gasteiger partial charge in [0.05, 0.1) is 5.69 Å². The first-order valence-electron chi connectivity index (χ1n) is 2.78. The Labute approximate surface area is 53.5 Å². The van der Waals surface area contributed by atoms with E-state index in [1.807, 2.05) is 13.0 Å². The zero-order chi connectivity index (χ0) is 6.85. The quantitative estimate of drug-likeness (QED) is 0.473. The van der Waals surface area contributed by atoms with Gasteiger partial charge < -0.3 is 15.8 Å². The highest BCUT2D eigenvalue weighted by molar-refractivity contribution is 5.15. The molecule has 0 aliphatic rings. The maximum atomic E-state index is 8.78. The Balaban J connectivity index is 2.85. The van der Waals surface area contributed by atoms with E-state index in [1.165, 1.54) is 0 Å². The zero-order valence-electron chi connectivity index (χ0n) is 5.26. The molecule has 1 heterocycles. The first kappa shape index (κ1) is 6.32. The maximum absolute atomic E-state index is 8.78. The lowest BCUT2D eigenvalue weighted by Crippen LogP contribution is -2.08. The lowest BCUT2D eigenvalue weighted by Gasteiger charge is -1.97. The number of H-pyrrole nitrogens is 1. The van der Waals surface area contributed by atoms with E-state index in [0.717, 1.165) is 5.56 Å². The molecule has 0 amide bonds. The number of rotatable bonds is 1. The Morgan fingerprint density at radius 2 is 2.44 bits per heavy atom. The minimum absolute atomic E-state index is 0.660. The molecule has 4 N–H and O–H groups in total. The zero-order valence-corrected chi connectivity index (χ0v) is 5.26. The van der Waals surface area contributed by atoms with Crippen molar-refractivity contribution in [2.24, 2.45) is 5.73 Å². The van der Waals surface area contributed by atoms with Crippen LogP contribution in [-0.2, 0) is 0 Å². The van der Waals surface area contributed by atoms with Crippen LogP contribution < -0.4 is 5.73 Å². The van der Waals surface area contributed by atoms with Crippen molar-refractivity contribution >= 4 is 0 Å². The standard InChI is InChI=1S/C6H10N2O/c1-4-2-5(6(7)9)8-3-4/h2-3,6,8-9H,7H2,1H3. The van der Waals surface area contributed by atoms with Gasteiger partial charge in [-0.2, -0.15) is 0 Å². The number of aromatic nitrogens is 1. The number of aliphatic hydroxyl groups excluding tert-OH is 1. The van der Waals surface area contributed by atoms with Crippen LogP contribution in [-0.4, -0.2) is 10.1 Å². The molecule has 0 aliphatic heterocycles. The van der Waals surface area contributed by atoms with Gasteiger partial charge in [-0.3, -0.25) is 0 Å². The molecule has 1 atom stereocenters. The molecule has 1 aromatic heterocycles.